The van der Waals surface area contributed by atoms with Crippen molar-refractivity contribution < 1.29 is 4.74 Å². The van der Waals surface area contributed by atoms with Gasteiger partial charge in [-0.2, -0.15) is 0 Å². The Bertz CT molecular complexity index is 215. The van der Waals surface area contributed by atoms with Gasteiger partial charge in [-0.1, -0.05) is 6.08 Å². The lowest BCUT2D eigenvalue weighted by molar-refractivity contribution is 0.149. The van der Waals surface area contributed by atoms with Crippen LogP contribution in [0, 0.1) is 12.3 Å². The van der Waals surface area contributed by atoms with Gasteiger partial charge in [-0.15, -0.1) is 12.3 Å². The predicted octanol–water partition coefficient (Wildman–Crippen LogP) is 1.73. The third kappa shape index (κ3) is 5.06. The summed E-state index contributed by atoms with van der Waals surface area (Å²) < 4.78 is 5.34. The fraction of sp³-hybridized carbons (Fsp3) is 0.667. The van der Waals surface area contributed by atoms with Crippen molar-refractivity contribution in [2.45, 2.75) is 25.7 Å². The Morgan fingerprint density at radius 1 is 1.50 bits per heavy atom. The Balaban J connectivity index is 1.93. The lowest BCUT2D eigenvalue weighted by atomic mass is 10.2. The molecular weight excluding hydrogens is 174 g/mol. The molecule has 0 aliphatic carbocycles. The highest BCUT2D eigenvalue weighted by Gasteiger charge is 2.01. The molecule has 0 bridgehead atoms. The normalized spacial score (nSPS) is 16.1. The third-order valence-electron chi connectivity index (χ3n) is 2.26. The molecule has 2 heteroatoms. The average molecular weight is 193 g/mol. The molecule has 1 rings (SSSR count). The average Bonchev–Trinajstić information content (AvgIpc) is 2.25. The Labute approximate surface area is 86.7 Å². The van der Waals surface area contributed by atoms with Gasteiger partial charge in [-0.3, -0.25) is 0 Å². The van der Waals surface area contributed by atoms with Crippen LogP contribution < -0.4 is 5.32 Å². The Morgan fingerprint density at radius 3 is 3.14 bits per heavy atom. The van der Waals surface area contributed by atoms with Crippen LogP contribution in [0.1, 0.15) is 25.7 Å². The minimum Gasteiger partial charge on any atom is -0.377 e. The van der Waals surface area contributed by atoms with Gasteiger partial charge in [-0.05, 0) is 31.4 Å². The monoisotopic (exact) mass is 193 g/mol. The zero-order valence-corrected chi connectivity index (χ0v) is 8.72. The van der Waals surface area contributed by atoms with Crippen molar-refractivity contribution in [1.82, 2.24) is 5.32 Å². The number of hydrogen-bond acceptors (Lipinski definition) is 2. The summed E-state index contributed by atoms with van der Waals surface area (Å²) in [6.45, 7) is 3.71. The smallest absolute Gasteiger partial charge is 0.0689 e. The SMILES string of the molecule is C#CCCCCNCC1=CCCOC1. The number of ether oxygens (including phenoxy) is 1. The fourth-order valence-electron chi connectivity index (χ4n) is 1.46. The van der Waals surface area contributed by atoms with Crippen LogP contribution in [0.15, 0.2) is 11.6 Å². The lowest BCUT2D eigenvalue weighted by Gasteiger charge is -2.13. The summed E-state index contributed by atoms with van der Waals surface area (Å²) in [4.78, 5) is 0. The van der Waals surface area contributed by atoms with Crippen LogP contribution in [-0.4, -0.2) is 26.3 Å². The molecule has 1 N–H and O–H groups in total. The molecular formula is C12H19NO. The second-order valence-electron chi connectivity index (χ2n) is 3.54. The quantitative estimate of drug-likeness (QED) is 0.394. The molecule has 0 fully saturated rings. The first kappa shape index (κ1) is 11.3. The molecule has 0 amide bonds. The van der Waals surface area contributed by atoms with Gasteiger partial charge in [-0.25, -0.2) is 0 Å². The van der Waals surface area contributed by atoms with Crippen molar-refractivity contribution in [3.63, 3.8) is 0 Å². The van der Waals surface area contributed by atoms with E-state index in [4.69, 9.17) is 11.2 Å². The van der Waals surface area contributed by atoms with Crippen LogP contribution >= 0.6 is 0 Å². The molecule has 0 aromatic rings. The molecule has 2 nitrogen and oxygen atoms in total. The van der Waals surface area contributed by atoms with Crippen molar-refractivity contribution in [3.8, 4) is 12.3 Å². The summed E-state index contributed by atoms with van der Waals surface area (Å²) in [5, 5.41) is 3.40. The Morgan fingerprint density at radius 2 is 2.43 bits per heavy atom. The third-order valence-corrected chi connectivity index (χ3v) is 2.26. The summed E-state index contributed by atoms with van der Waals surface area (Å²) in [6, 6.07) is 0. The van der Waals surface area contributed by atoms with Gasteiger partial charge >= 0.3 is 0 Å². The minimum absolute atomic E-state index is 0.803. The molecule has 0 radical (unpaired) electrons. The molecule has 0 aromatic heterocycles. The molecule has 0 aromatic carbocycles. The second-order valence-corrected chi connectivity index (χ2v) is 3.54. The van der Waals surface area contributed by atoms with E-state index in [9.17, 15) is 0 Å². The van der Waals surface area contributed by atoms with Crippen molar-refractivity contribution in [2.75, 3.05) is 26.3 Å². The van der Waals surface area contributed by atoms with E-state index in [1.54, 1.807) is 0 Å². The topological polar surface area (TPSA) is 21.3 Å². The van der Waals surface area contributed by atoms with Crippen LogP contribution in [0.5, 0.6) is 0 Å². The van der Waals surface area contributed by atoms with Gasteiger partial charge in [0.1, 0.15) is 0 Å². The number of terminal acetylenes is 1. The molecule has 0 unspecified atom stereocenters. The number of hydrogen-bond donors (Lipinski definition) is 1. The lowest BCUT2D eigenvalue weighted by Crippen LogP contribution is -2.22. The standard InChI is InChI=1S/C12H19NO/c1-2-3-4-5-8-13-10-12-7-6-9-14-11-12/h1,7,13H,3-6,8-11H2. The van der Waals surface area contributed by atoms with E-state index in [0.717, 1.165) is 45.6 Å². The number of nitrogens with one attached hydrogen (secondary N) is 1. The maximum Gasteiger partial charge on any atom is 0.0689 e. The van der Waals surface area contributed by atoms with Crippen molar-refractivity contribution in [3.05, 3.63) is 11.6 Å². The summed E-state index contributed by atoms with van der Waals surface area (Å²) in [5.74, 6) is 2.65. The van der Waals surface area contributed by atoms with E-state index in [-0.39, 0.29) is 0 Å². The Kier molecular flexibility index (Phi) is 6.14. The van der Waals surface area contributed by atoms with Crippen molar-refractivity contribution in [1.29, 1.82) is 0 Å². The maximum atomic E-state index is 5.34. The highest BCUT2D eigenvalue weighted by atomic mass is 16.5. The second kappa shape index (κ2) is 7.61. The van der Waals surface area contributed by atoms with Gasteiger partial charge in [0.05, 0.1) is 13.2 Å². The summed E-state index contributed by atoms with van der Waals surface area (Å²) in [5.41, 5.74) is 1.38. The first-order valence-electron chi connectivity index (χ1n) is 5.33. The van der Waals surface area contributed by atoms with Crippen LogP contribution in [0.2, 0.25) is 0 Å². The molecule has 14 heavy (non-hydrogen) atoms. The molecule has 1 heterocycles. The first-order chi connectivity index (χ1) is 6.93. The summed E-state index contributed by atoms with van der Waals surface area (Å²) in [6.07, 6.45) is 11.7. The maximum absolute atomic E-state index is 5.34. The molecule has 0 spiro atoms. The van der Waals surface area contributed by atoms with E-state index in [2.05, 4.69) is 17.3 Å². The molecule has 0 saturated heterocycles. The van der Waals surface area contributed by atoms with Crippen LogP contribution in [-0.2, 0) is 4.74 Å². The zero-order chi connectivity index (χ0) is 10.1. The van der Waals surface area contributed by atoms with Gasteiger partial charge < -0.3 is 10.1 Å². The first-order valence-corrected chi connectivity index (χ1v) is 5.33. The number of rotatable bonds is 6. The van der Waals surface area contributed by atoms with E-state index in [1.807, 2.05) is 0 Å². The van der Waals surface area contributed by atoms with Gasteiger partial charge in [0.15, 0.2) is 0 Å². The molecule has 0 saturated carbocycles. The van der Waals surface area contributed by atoms with Crippen LogP contribution in [0.4, 0.5) is 0 Å². The summed E-state index contributed by atoms with van der Waals surface area (Å²) in [7, 11) is 0. The van der Waals surface area contributed by atoms with Gasteiger partial charge in [0, 0.05) is 13.0 Å². The molecule has 1 aliphatic rings. The van der Waals surface area contributed by atoms with E-state index in [1.165, 1.54) is 12.0 Å². The van der Waals surface area contributed by atoms with Crippen molar-refractivity contribution in [2.24, 2.45) is 0 Å². The molecule has 78 valence electrons. The predicted molar refractivity (Wildman–Crippen MR) is 59.1 cm³/mol. The van der Waals surface area contributed by atoms with E-state index >= 15 is 0 Å². The van der Waals surface area contributed by atoms with Crippen molar-refractivity contribution >= 4 is 0 Å². The molecule has 0 atom stereocenters. The zero-order valence-electron chi connectivity index (χ0n) is 8.72. The highest BCUT2D eigenvalue weighted by molar-refractivity contribution is 5.06. The largest absolute Gasteiger partial charge is 0.377 e. The fourth-order valence-corrected chi connectivity index (χ4v) is 1.46. The Hall–Kier alpha value is -0.780. The van der Waals surface area contributed by atoms with Crippen LogP contribution in [0.3, 0.4) is 0 Å². The van der Waals surface area contributed by atoms with E-state index < -0.39 is 0 Å². The van der Waals surface area contributed by atoms with Crippen LogP contribution in [0.25, 0.3) is 0 Å². The van der Waals surface area contributed by atoms with Gasteiger partial charge in [0.2, 0.25) is 0 Å². The summed E-state index contributed by atoms with van der Waals surface area (Å²) >= 11 is 0. The van der Waals surface area contributed by atoms with E-state index in [0.29, 0.717) is 0 Å². The molecule has 1 aliphatic heterocycles. The number of unbranched alkanes of at least 4 members (excludes halogenated alkanes) is 2. The minimum atomic E-state index is 0.803. The highest BCUT2D eigenvalue weighted by Crippen LogP contribution is 2.03. The van der Waals surface area contributed by atoms with Gasteiger partial charge in [0.25, 0.3) is 0 Å².